The fourth-order valence-corrected chi connectivity index (χ4v) is 4.04. The number of hydrogen-bond donors (Lipinski definition) is 0. The summed E-state index contributed by atoms with van der Waals surface area (Å²) in [4.78, 5) is 1.61. The highest BCUT2D eigenvalue weighted by Gasteiger charge is 2.74. The van der Waals surface area contributed by atoms with Crippen molar-refractivity contribution in [1.29, 1.82) is 10.5 Å². The molecule has 0 aliphatic carbocycles. The fourth-order valence-electron chi connectivity index (χ4n) is 3.05. The lowest BCUT2D eigenvalue weighted by Gasteiger charge is -2.29. The molecule has 0 spiro atoms. The summed E-state index contributed by atoms with van der Waals surface area (Å²) in [5, 5.41) is 17.9. The van der Waals surface area contributed by atoms with Gasteiger partial charge >= 0.3 is 18.0 Å². The molecule has 180 valence electrons. The molecule has 0 saturated heterocycles. The Hall–Kier alpha value is -3.31. The highest BCUT2D eigenvalue weighted by molar-refractivity contribution is 7.14. The molecular formula is C23H18F7N3S. The molecule has 0 aliphatic heterocycles. The van der Waals surface area contributed by atoms with Gasteiger partial charge in [-0.15, -0.1) is 11.3 Å². The van der Waals surface area contributed by atoms with E-state index in [-0.39, 0.29) is 4.88 Å². The zero-order chi connectivity index (χ0) is 25.7. The van der Waals surface area contributed by atoms with Crippen LogP contribution in [0.15, 0.2) is 42.0 Å². The molecule has 0 amide bonds. The van der Waals surface area contributed by atoms with Crippen molar-refractivity contribution in [2.24, 2.45) is 0 Å². The number of thiophene rings is 1. The number of halogens is 7. The molecule has 11 heteroatoms. The van der Waals surface area contributed by atoms with E-state index < -0.39 is 34.0 Å². The van der Waals surface area contributed by atoms with Gasteiger partial charge < -0.3 is 4.90 Å². The zero-order valence-electron chi connectivity index (χ0n) is 17.9. The van der Waals surface area contributed by atoms with Crippen LogP contribution in [-0.4, -0.2) is 31.1 Å². The van der Waals surface area contributed by atoms with Crippen LogP contribution in [0.4, 0.5) is 36.4 Å². The predicted molar refractivity (Wildman–Crippen MR) is 117 cm³/mol. The minimum Gasteiger partial charge on any atom is -0.372 e. The van der Waals surface area contributed by atoms with E-state index in [2.05, 4.69) is 4.90 Å². The Bertz CT molecular complexity index is 1130. The van der Waals surface area contributed by atoms with E-state index in [1.54, 1.807) is 18.2 Å². The SMILES string of the molecule is CCN(CC)c1ccc(/C=C/c2ccc(C(=C(C#N)C#N)C(F)(F)C(F)(F)C(F)(F)F)s2)cc1. The van der Waals surface area contributed by atoms with Gasteiger partial charge in [-0.1, -0.05) is 18.2 Å². The molecule has 0 bridgehead atoms. The van der Waals surface area contributed by atoms with E-state index in [1.165, 1.54) is 12.1 Å². The van der Waals surface area contributed by atoms with Gasteiger partial charge in [0.25, 0.3) is 0 Å². The van der Waals surface area contributed by atoms with Crippen molar-refractivity contribution in [2.45, 2.75) is 31.9 Å². The van der Waals surface area contributed by atoms with E-state index in [0.717, 1.165) is 42.5 Å². The van der Waals surface area contributed by atoms with Crippen LogP contribution in [0, 0.1) is 22.7 Å². The summed E-state index contributed by atoms with van der Waals surface area (Å²) in [6, 6.07) is 11.4. The molecule has 34 heavy (non-hydrogen) atoms. The third-order valence-electron chi connectivity index (χ3n) is 4.87. The summed E-state index contributed by atoms with van der Waals surface area (Å²) in [5.74, 6) is -12.3. The predicted octanol–water partition coefficient (Wildman–Crippen LogP) is 7.40. The topological polar surface area (TPSA) is 50.8 Å². The van der Waals surface area contributed by atoms with Gasteiger partial charge in [-0.3, -0.25) is 0 Å². The van der Waals surface area contributed by atoms with Gasteiger partial charge in [0, 0.05) is 28.5 Å². The number of anilines is 1. The van der Waals surface area contributed by atoms with Crippen LogP contribution < -0.4 is 4.90 Å². The molecule has 0 fully saturated rings. The second-order valence-corrected chi connectivity index (χ2v) is 8.03. The first-order valence-corrected chi connectivity index (χ1v) is 10.7. The largest absolute Gasteiger partial charge is 0.460 e. The van der Waals surface area contributed by atoms with Crippen LogP contribution in [0.2, 0.25) is 0 Å². The Morgan fingerprint density at radius 3 is 1.91 bits per heavy atom. The van der Waals surface area contributed by atoms with Gasteiger partial charge in [0.15, 0.2) is 0 Å². The molecular weight excluding hydrogens is 483 g/mol. The lowest BCUT2D eigenvalue weighted by atomic mass is 9.96. The van der Waals surface area contributed by atoms with Crippen LogP contribution in [0.5, 0.6) is 0 Å². The Morgan fingerprint density at radius 1 is 0.882 bits per heavy atom. The number of rotatable bonds is 8. The quantitative estimate of drug-likeness (QED) is 0.280. The van der Waals surface area contributed by atoms with Gasteiger partial charge in [0.2, 0.25) is 0 Å². The maximum atomic E-state index is 14.4. The Kier molecular flexibility index (Phi) is 8.17. The molecule has 3 nitrogen and oxygen atoms in total. The first-order chi connectivity index (χ1) is 15.8. The van der Waals surface area contributed by atoms with Gasteiger partial charge in [-0.2, -0.15) is 41.3 Å². The maximum absolute atomic E-state index is 14.4. The molecule has 0 unspecified atom stereocenters. The summed E-state index contributed by atoms with van der Waals surface area (Å²) < 4.78 is 94.3. The van der Waals surface area contributed by atoms with Crippen molar-refractivity contribution >= 4 is 34.7 Å². The van der Waals surface area contributed by atoms with Crippen molar-refractivity contribution < 1.29 is 30.7 Å². The van der Waals surface area contributed by atoms with Gasteiger partial charge in [0.1, 0.15) is 17.7 Å². The molecule has 1 aromatic heterocycles. The highest BCUT2D eigenvalue weighted by atomic mass is 32.1. The molecule has 0 atom stereocenters. The van der Waals surface area contributed by atoms with Crippen molar-refractivity contribution in [3.63, 3.8) is 0 Å². The van der Waals surface area contributed by atoms with Crippen LogP contribution in [0.3, 0.4) is 0 Å². The number of nitrogens with zero attached hydrogens (tertiary/aromatic N) is 3. The number of alkyl halides is 7. The zero-order valence-corrected chi connectivity index (χ0v) is 18.7. The molecule has 0 N–H and O–H groups in total. The lowest BCUT2D eigenvalue weighted by Crippen LogP contribution is -2.52. The van der Waals surface area contributed by atoms with Crippen LogP contribution in [0.1, 0.15) is 29.2 Å². The molecule has 0 aliphatic rings. The van der Waals surface area contributed by atoms with Crippen LogP contribution in [-0.2, 0) is 0 Å². The minimum absolute atomic E-state index is 0.238. The first-order valence-electron chi connectivity index (χ1n) is 9.84. The molecule has 2 aromatic rings. The Balaban J connectivity index is 2.44. The van der Waals surface area contributed by atoms with Crippen molar-refractivity contribution in [2.75, 3.05) is 18.0 Å². The molecule has 0 saturated carbocycles. The molecule has 2 rings (SSSR count). The third-order valence-corrected chi connectivity index (χ3v) is 5.94. The third kappa shape index (κ3) is 5.26. The lowest BCUT2D eigenvalue weighted by molar-refractivity contribution is -0.338. The summed E-state index contributed by atoms with van der Waals surface area (Å²) in [7, 11) is 0. The Labute approximate surface area is 195 Å². The molecule has 1 heterocycles. The van der Waals surface area contributed by atoms with Gasteiger partial charge in [-0.05, 0) is 49.8 Å². The second-order valence-electron chi connectivity index (χ2n) is 6.92. The summed E-state index contributed by atoms with van der Waals surface area (Å²) in [6.07, 6.45) is -3.55. The van der Waals surface area contributed by atoms with E-state index in [9.17, 15) is 30.7 Å². The van der Waals surface area contributed by atoms with Crippen molar-refractivity contribution in [3.05, 3.63) is 57.3 Å². The van der Waals surface area contributed by atoms with Gasteiger partial charge in [0.05, 0.1) is 5.57 Å². The standard InChI is InChI=1S/C23H18F7N3S/c1-3-33(4-2)17-8-5-15(6-9-17)7-10-18-11-12-19(34-18)20(16(13-31)14-32)21(24,25)22(26,27)23(28,29)30/h5-12H,3-4H2,1-2H3/b10-7+. The van der Waals surface area contributed by atoms with E-state index in [0.29, 0.717) is 11.3 Å². The molecule has 1 aromatic carbocycles. The number of hydrogen-bond acceptors (Lipinski definition) is 4. The van der Waals surface area contributed by atoms with Crippen molar-refractivity contribution in [3.8, 4) is 12.1 Å². The normalized spacial score (nSPS) is 12.3. The minimum atomic E-state index is -6.60. The molecule has 0 radical (unpaired) electrons. The van der Waals surface area contributed by atoms with Crippen molar-refractivity contribution in [1.82, 2.24) is 0 Å². The van der Waals surface area contributed by atoms with Crippen LogP contribution in [0.25, 0.3) is 17.7 Å². The first kappa shape index (κ1) is 26.9. The van der Waals surface area contributed by atoms with Gasteiger partial charge in [-0.25, -0.2) is 0 Å². The number of benzene rings is 1. The summed E-state index contributed by atoms with van der Waals surface area (Å²) in [5.41, 5.74) is -1.78. The average Bonchev–Trinajstić information content (AvgIpc) is 3.24. The van der Waals surface area contributed by atoms with Crippen LogP contribution >= 0.6 is 11.3 Å². The smallest absolute Gasteiger partial charge is 0.372 e. The number of allylic oxidation sites excluding steroid dienone is 2. The Morgan fingerprint density at radius 2 is 1.44 bits per heavy atom. The monoisotopic (exact) mass is 501 g/mol. The van der Waals surface area contributed by atoms with E-state index in [1.807, 2.05) is 26.0 Å². The number of nitriles is 2. The van der Waals surface area contributed by atoms with E-state index in [4.69, 9.17) is 10.5 Å². The summed E-state index contributed by atoms with van der Waals surface area (Å²) >= 11 is 0.452. The second kappa shape index (κ2) is 10.3. The average molecular weight is 501 g/mol. The van der Waals surface area contributed by atoms with E-state index >= 15 is 0 Å². The maximum Gasteiger partial charge on any atom is 0.460 e. The fraction of sp³-hybridized carbons (Fsp3) is 0.304. The summed E-state index contributed by atoms with van der Waals surface area (Å²) in [6.45, 7) is 5.63. The highest BCUT2D eigenvalue weighted by Crippen LogP contribution is 2.53.